The van der Waals surface area contributed by atoms with Gasteiger partial charge in [-0.1, -0.05) is 13.8 Å². The Morgan fingerprint density at radius 2 is 1.72 bits per heavy atom. The van der Waals surface area contributed by atoms with Crippen LogP contribution in [0.3, 0.4) is 0 Å². The Morgan fingerprint density at radius 1 is 1.28 bits per heavy atom. The zero-order chi connectivity index (χ0) is 14.9. The van der Waals surface area contributed by atoms with Gasteiger partial charge in [0.15, 0.2) is 11.7 Å². The Hall–Kier alpha value is -1.14. The quantitative estimate of drug-likeness (QED) is 0.718. The lowest BCUT2D eigenvalue weighted by Crippen LogP contribution is -2.32. The second kappa shape index (κ2) is 8.88. The molecule has 108 valence electrons. The number of esters is 2. The summed E-state index contributed by atoms with van der Waals surface area (Å²) in [7, 11) is 1.26. The summed E-state index contributed by atoms with van der Waals surface area (Å²) in [6, 6.07) is 0. The number of carbonyl (C=O) groups is 2. The van der Waals surface area contributed by atoms with E-state index in [1.54, 1.807) is 20.8 Å². The Labute approximate surface area is 108 Å². The molecule has 0 radical (unpaired) electrons. The third-order valence-electron chi connectivity index (χ3n) is 1.85. The number of aliphatic hydroxyl groups excluding tert-OH is 1. The monoisotopic (exact) mass is 264 g/mol. The third kappa shape index (κ3) is 8.95. The van der Waals surface area contributed by atoms with Crippen LogP contribution in [0.2, 0.25) is 0 Å². The van der Waals surface area contributed by atoms with Crippen molar-refractivity contribution in [3.8, 4) is 0 Å². The second-order valence-corrected chi connectivity index (χ2v) is 4.49. The van der Waals surface area contributed by atoms with Gasteiger partial charge < -0.3 is 19.7 Å². The summed E-state index contributed by atoms with van der Waals surface area (Å²) in [5, 5.41) is 17.9. The highest BCUT2D eigenvalue weighted by molar-refractivity contribution is 5.78. The van der Waals surface area contributed by atoms with Gasteiger partial charge in [0.1, 0.15) is 0 Å². The first-order chi connectivity index (χ1) is 8.07. The number of hydrogen-bond acceptors (Lipinski definition) is 6. The van der Waals surface area contributed by atoms with Crippen LogP contribution in [0.4, 0.5) is 0 Å². The summed E-state index contributed by atoms with van der Waals surface area (Å²) in [4.78, 5) is 21.1. The minimum Gasteiger partial charge on any atom is -0.467 e. The van der Waals surface area contributed by atoms with Crippen molar-refractivity contribution in [2.24, 2.45) is 5.92 Å². The summed E-state index contributed by atoms with van der Waals surface area (Å²) < 4.78 is 8.80. The largest absolute Gasteiger partial charge is 0.467 e. The molecule has 1 unspecified atom stereocenters. The minimum absolute atomic E-state index is 0.0718. The first-order valence-electron chi connectivity index (χ1n) is 5.73. The zero-order valence-electron chi connectivity index (χ0n) is 11.9. The Kier molecular flexibility index (Phi) is 9.47. The van der Waals surface area contributed by atoms with Crippen LogP contribution in [-0.2, 0) is 19.1 Å². The van der Waals surface area contributed by atoms with Gasteiger partial charge in [0, 0.05) is 0 Å². The van der Waals surface area contributed by atoms with E-state index in [4.69, 9.17) is 10.2 Å². The van der Waals surface area contributed by atoms with Crippen LogP contribution in [0.15, 0.2) is 0 Å². The van der Waals surface area contributed by atoms with Gasteiger partial charge in [-0.25, -0.2) is 9.59 Å². The molecule has 0 saturated carbocycles. The fourth-order valence-electron chi connectivity index (χ4n) is 0.701. The Morgan fingerprint density at radius 3 is 1.83 bits per heavy atom. The fraction of sp³-hybridized carbons (Fsp3) is 0.833. The maximum atomic E-state index is 10.6. The smallest absolute Gasteiger partial charge is 0.337 e. The SMILES string of the molecule is CCOC(=O)C(C)(C)O.COC(=O)C(O)C(C)C. The van der Waals surface area contributed by atoms with Crippen molar-refractivity contribution in [1.29, 1.82) is 0 Å². The van der Waals surface area contributed by atoms with E-state index in [0.29, 0.717) is 6.61 Å². The van der Waals surface area contributed by atoms with Crippen LogP contribution in [0.1, 0.15) is 34.6 Å². The summed E-state index contributed by atoms with van der Waals surface area (Å²) in [6.45, 7) is 8.30. The molecular weight excluding hydrogens is 240 g/mol. The summed E-state index contributed by atoms with van der Waals surface area (Å²) in [6.07, 6.45) is -0.977. The molecule has 18 heavy (non-hydrogen) atoms. The predicted molar refractivity (Wildman–Crippen MR) is 65.8 cm³/mol. The molecule has 0 fully saturated rings. The lowest BCUT2D eigenvalue weighted by atomic mass is 10.1. The molecule has 0 rings (SSSR count). The third-order valence-corrected chi connectivity index (χ3v) is 1.85. The van der Waals surface area contributed by atoms with E-state index in [2.05, 4.69) is 9.47 Å². The van der Waals surface area contributed by atoms with E-state index < -0.39 is 23.6 Å². The molecule has 2 N–H and O–H groups in total. The van der Waals surface area contributed by atoms with Gasteiger partial charge in [-0.2, -0.15) is 0 Å². The van der Waals surface area contributed by atoms with Gasteiger partial charge in [-0.05, 0) is 26.7 Å². The highest BCUT2D eigenvalue weighted by Gasteiger charge is 2.24. The molecule has 0 aromatic rings. The van der Waals surface area contributed by atoms with Crippen molar-refractivity contribution in [2.75, 3.05) is 13.7 Å². The Balaban J connectivity index is 0. The lowest BCUT2D eigenvalue weighted by molar-refractivity contribution is -0.161. The van der Waals surface area contributed by atoms with Gasteiger partial charge in [-0.15, -0.1) is 0 Å². The normalized spacial score (nSPS) is 12.3. The molecule has 0 amide bonds. The van der Waals surface area contributed by atoms with Crippen molar-refractivity contribution in [2.45, 2.75) is 46.3 Å². The Bertz CT molecular complexity index is 254. The van der Waals surface area contributed by atoms with E-state index in [9.17, 15) is 9.59 Å². The van der Waals surface area contributed by atoms with E-state index in [1.165, 1.54) is 21.0 Å². The molecule has 6 nitrogen and oxygen atoms in total. The number of hydrogen-bond donors (Lipinski definition) is 2. The van der Waals surface area contributed by atoms with Crippen LogP contribution >= 0.6 is 0 Å². The number of methoxy groups -OCH3 is 1. The van der Waals surface area contributed by atoms with Crippen LogP contribution in [0, 0.1) is 5.92 Å². The number of aliphatic hydroxyl groups is 2. The van der Waals surface area contributed by atoms with E-state index in [1.807, 2.05) is 0 Å². The average molecular weight is 264 g/mol. The molecular formula is C12H24O6. The van der Waals surface area contributed by atoms with Gasteiger partial charge in [0.25, 0.3) is 0 Å². The molecule has 0 aliphatic rings. The van der Waals surface area contributed by atoms with Crippen LogP contribution in [0.25, 0.3) is 0 Å². The molecule has 0 aromatic carbocycles. The molecule has 6 heteroatoms. The zero-order valence-corrected chi connectivity index (χ0v) is 11.9. The van der Waals surface area contributed by atoms with E-state index in [0.717, 1.165) is 0 Å². The van der Waals surface area contributed by atoms with Crippen molar-refractivity contribution in [1.82, 2.24) is 0 Å². The minimum atomic E-state index is -1.35. The summed E-state index contributed by atoms with van der Waals surface area (Å²) >= 11 is 0. The highest BCUT2D eigenvalue weighted by atomic mass is 16.5. The van der Waals surface area contributed by atoms with Crippen molar-refractivity contribution in [3.05, 3.63) is 0 Å². The summed E-state index contributed by atoms with van der Waals surface area (Å²) in [5.41, 5.74) is -1.35. The summed E-state index contributed by atoms with van der Waals surface area (Å²) in [5.74, 6) is -1.22. The molecule has 0 spiro atoms. The van der Waals surface area contributed by atoms with Gasteiger partial charge in [0.05, 0.1) is 13.7 Å². The number of carbonyl (C=O) groups excluding carboxylic acids is 2. The number of rotatable bonds is 4. The molecule has 0 heterocycles. The van der Waals surface area contributed by atoms with Gasteiger partial charge in [-0.3, -0.25) is 0 Å². The fourth-order valence-corrected chi connectivity index (χ4v) is 0.701. The highest BCUT2D eigenvalue weighted by Crippen LogP contribution is 2.02. The maximum absolute atomic E-state index is 10.6. The predicted octanol–water partition coefficient (Wildman–Crippen LogP) is 0.497. The molecule has 0 bridgehead atoms. The molecule has 0 aliphatic heterocycles. The number of ether oxygens (including phenoxy) is 2. The molecule has 1 atom stereocenters. The van der Waals surface area contributed by atoms with Gasteiger partial charge in [0.2, 0.25) is 0 Å². The average Bonchev–Trinajstić information content (AvgIpc) is 2.26. The maximum Gasteiger partial charge on any atom is 0.337 e. The van der Waals surface area contributed by atoms with Crippen LogP contribution in [0.5, 0.6) is 0 Å². The lowest BCUT2D eigenvalue weighted by Gasteiger charge is -2.13. The first kappa shape index (κ1) is 19.2. The van der Waals surface area contributed by atoms with E-state index >= 15 is 0 Å². The molecule has 0 saturated heterocycles. The van der Waals surface area contributed by atoms with Crippen molar-refractivity contribution < 1.29 is 29.3 Å². The van der Waals surface area contributed by atoms with Gasteiger partial charge >= 0.3 is 11.9 Å². The first-order valence-corrected chi connectivity index (χ1v) is 5.73. The van der Waals surface area contributed by atoms with Crippen LogP contribution < -0.4 is 0 Å². The van der Waals surface area contributed by atoms with E-state index in [-0.39, 0.29) is 5.92 Å². The second-order valence-electron chi connectivity index (χ2n) is 4.49. The molecule has 0 aromatic heterocycles. The molecule has 0 aliphatic carbocycles. The van der Waals surface area contributed by atoms with Crippen molar-refractivity contribution >= 4 is 11.9 Å². The topological polar surface area (TPSA) is 93.1 Å². The van der Waals surface area contributed by atoms with Crippen molar-refractivity contribution in [3.63, 3.8) is 0 Å². The standard InChI is InChI=1S/2C6H12O3/c1-4-9-5(7)6(2,3)8;1-4(2)5(7)6(8)9-3/h8H,4H2,1-3H3;4-5,7H,1-3H3. The van der Waals surface area contributed by atoms with Crippen LogP contribution in [-0.4, -0.2) is 47.6 Å².